The molecule has 3 aromatic rings. The SMILES string of the molecule is CNC(=S)N1CCc2cc(OC)c(OC)cc2C1c1cc2ccc(OC)cc2[nH]c1=O. The molecule has 31 heavy (non-hydrogen) atoms. The van der Waals surface area contributed by atoms with E-state index in [0.29, 0.717) is 34.5 Å². The van der Waals surface area contributed by atoms with Gasteiger partial charge in [-0.25, -0.2) is 0 Å². The maximum absolute atomic E-state index is 13.2. The third kappa shape index (κ3) is 3.67. The lowest BCUT2D eigenvalue weighted by atomic mass is 9.88. The molecule has 1 aliphatic rings. The van der Waals surface area contributed by atoms with Gasteiger partial charge in [0, 0.05) is 25.2 Å². The molecule has 0 saturated carbocycles. The molecule has 1 aromatic heterocycles. The molecule has 162 valence electrons. The molecule has 0 fully saturated rings. The fourth-order valence-electron chi connectivity index (χ4n) is 4.17. The Labute approximate surface area is 185 Å². The zero-order valence-electron chi connectivity index (χ0n) is 17.9. The summed E-state index contributed by atoms with van der Waals surface area (Å²) >= 11 is 5.59. The van der Waals surface area contributed by atoms with Gasteiger partial charge in [0.05, 0.1) is 32.9 Å². The second kappa shape index (κ2) is 8.47. The molecule has 2 N–H and O–H groups in total. The minimum absolute atomic E-state index is 0.169. The van der Waals surface area contributed by atoms with Crippen LogP contribution in [-0.2, 0) is 6.42 Å². The van der Waals surface area contributed by atoms with Crippen molar-refractivity contribution in [1.29, 1.82) is 0 Å². The fraction of sp³-hybridized carbons (Fsp3) is 0.304. The summed E-state index contributed by atoms with van der Waals surface area (Å²) in [5.41, 5.74) is 3.24. The monoisotopic (exact) mass is 439 g/mol. The summed E-state index contributed by atoms with van der Waals surface area (Å²) < 4.78 is 16.3. The summed E-state index contributed by atoms with van der Waals surface area (Å²) in [6.07, 6.45) is 0.774. The molecule has 0 spiro atoms. The van der Waals surface area contributed by atoms with Crippen molar-refractivity contribution in [2.45, 2.75) is 12.5 Å². The molecule has 1 aliphatic heterocycles. The van der Waals surface area contributed by atoms with Crippen LogP contribution < -0.4 is 25.1 Å². The lowest BCUT2D eigenvalue weighted by Crippen LogP contribution is -2.46. The summed E-state index contributed by atoms with van der Waals surface area (Å²) in [5, 5.41) is 4.56. The third-order valence-corrected chi connectivity index (χ3v) is 6.16. The third-order valence-electron chi connectivity index (χ3n) is 5.72. The van der Waals surface area contributed by atoms with E-state index in [0.717, 1.165) is 28.5 Å². The average molecular weight is 440 g/mol. The largest absolute Gasteiger partial charge is 0.497 e. The lowest BCUT2D eigenvalue weighted by Gasteiger charge is -2.39. The highest BCUT2D eigenvalue weighted by Gasteiger charge is 2.33. The van der Waals surface area contributed by atoms with Gasteiger partial charge in [-0.3, -0.25) is 4.79 Å². The van der Waals surface area contributed by atoms with Gasteiger partial charge in [-0.15, -0.1) is 0 Å². The predicted octanol–water partition coefficient (Wildman–Crippen LogP) is 3.01. The van der Waals surface area contributed by atoms with Crippen molar-refractivity contribution < 1.29 is 14.2 Å². The standard InChI is InChI=1S/C23H25N3O4S/c1-24-23(31)26-8-7-13-10-19(29-3)20(30-4)12-16(13)21(26)17-9-14-5-6-15(28-2)11-18(14)25-22(17)27/h5-6,9-12,21H,7-8H2,1-4H3,(H,24,31)(H,25,27). The molecule has 0 radical (unpaired) electrons. The number of aromatic amines is 1. The van der Waals surface area contributed by atoms with Gasteiger partial charge in [-0.05, 0) is 65.5 Å². The second-order valence-corrected chi connectivity index (χ2v) is 7.70. The van der Waals surface area contributed by atoms with Crippen molar-refractivity contribution in [2.24, 2.45) is 0 Å². The number of H-pyrrole nitrogens is 1. The van der Waals surface area contributed by atoms with Crippen molar-refractivity contribution in [3.05, 3.63) is 63.4 Å². The minimum Gasteiger partial charge on any atom is -0.497 e. The van der Waals surface area contributed by atoms with E-state index in [4.69, 9.17) is 26.4 Å². The van der Waals surface area contributed by atoms with Crippen LogP contribution in [0.4, 0.5) is 0 Å². The van der Waals surface area contributed by atoms with Gasteiger partial charge < -0.3 is 29.4 Å². The Balaban J connectivity index is 1.94. The van der Waals surface area contributed by atoms with Crippen LogP contribution in [0.1, 0.15) is 22.7 Å². The molecule has 2 aromatic carbocycles. The van der Waals surface area contributed by atoms with Gasteiger partial charge >= 0.3 is 0 Å². The van der Waals surface area contributed by atoms with E-state index in [1.54, 1.807) is 28.4 Å². The van der Waals surface area contributed by atoms with Gasteiger partial charge in [0.1, 0.15) is 5.75 Å². The maximum Gasteiger partial charge on any atom is 0.254 e. The van der Waals surface area contributed by atoms with E-state index in [9.17, 15) is 4.79 Å². The van der Waals surface area contributed by atoms with E-state index in [1.165, 1.54) is 0 Å². The number of hydrogen-bond acceptors (Lipinski definition) is 5. The van der Waals surface area contributed by atoms with Gasteiger partial charge in [0.2, 0.25) is 0 Å². The van der Waals surface area contributed by atoms with Gasteiger partial charge in [0.15, 0.2) is 16.6 Å². The van der Waals surface area contributed by atoms with Crippen molar-refractivity contribution in [3.8, 4) is 17.2 Å². The van der Waals surface area contributed by atoms with Crippen LogP contribution in [0.25, 0.3) is 10.9 Å². The highest BCUT2D eigenvalue weighted by atomic mass is 32.1. The van der Waals surface area contributed by atoms with E-state index >= 15 is 0 Å². The molecule has 0 bridgehead atoms. The minimum atomic E-state index is -0.362. The van der Waals surface area contributed by atoms with Crippen molar-refractivity contribution in [2.75, 3.05) is 34.9 Å². The number of fused-ring (bicyclic) bond motifs is 2. The number of rotatable bonds is 4. The normalized spacial score (nSPS) is 15.4. The number of pyridine rings is 1. The number of hydrogen-bond donors (Lipinski definition) is 2. The van der Waals surface area contributed by atoms with Crippen molar-refractivity contribution in [3.63, 3.8) is 0 Å². The first-order chi connectivity index (χ1) is 15.0. The maximum atomic E-state index is 13.2. The van der Waals surface area contributed by atoms with Crippen LogP contribution in [-0.4, -0.2) is 49.9 Å². The van der Waals surface area contributed by atoms with Crippen LogP contribution in [0.2, 0.25) is 0 Å². The topological polar surface area (TPSA) is 75.8 Å². The highest BCUT2D eigenvalue weighted by Crippen LogP contribution is 2.40. The van der Waals surface area contributed by atoms with Gasteiger partial charge in [-0.2, -0.15) is 0 Å². The smallest absolute Gasteiger partial charge is 0.254 e. The summed E-state index contributed by atoms with van der Waals surface area (Å²) in [6.45, 7) is 0.674. The Hall–Kier alpha value is -3.26. The molecule has 0 aliphatic carbocycles. The first kappa shape index (κ1) is 21.0. The zero-order valence-corrected chi connectivity index (χ0v) is 18.8. The van der Waals surface area contributed by atoms with Crippen LogP contribution in [0.3, 0.4) is 0 Å². The molecule has 7 nitrogen and oxygen atoms in total. The zero-order chi connectivity index (χ0) is 22.1. The second-order valence-electron chi connectivity index (χ2n) is 7.31. The molecule has 8 heteroatoms. The Morgan fingerprint density at radius 3 is 2.48 bits per heavy atom. The van der Waals surface area contributed by atoms with Crippen molar-refractivity contribution in [1.82, 2.24) is 15.2 Å². The number of nitrogens with zero attached hydrogens (tertiary/aromatic N) is 1. The van der Waals surface area contributed by atoms with Crippen LogP contribution >= 0.6 is 12.2 Å². The fourth-order valence-corrected chi connectivity index (χ4v) is 4.37. The summed E-state index contributed by atoms with van der Waals surface area (Å²) in [5.74, 6) is 1.98. The van der Waals surface area contributed by atoms with Crippen LogP contribution in [0.15, 0.2) is 41.2 Å². The van der Waals surface area contributed by atoms with E-state index < -0.39 is 0 Å². The molecule has 1 atom stereocenters. The number of aromatic nitrogens is 1. The Morgan fingerprint density at radius 2 is 1.81 bits per heavy atom. The molecule has 0 amide bonds. The van der Waals surface area contributed by atoms with E-state index in [1.807, 2.05) is 41.3 Å². The van der Waals surface area contributed by atoms with Gasteiger partial charge in [0.25, 0.3) is 5.56 Å². The quantitative estimate of drug-likeness (QED) is 0.605. The lowest BCUT2D eigenvalue weighted by molar-refractivity contribution is 0.324. The summed E-state index contributed by atoms with van der Waals surface area (Å²) in [7, 11) is 6.62. The first-order valence-electron chi connectivity index (χ1n) is 9.94. The van der Waals surface area contributed by atoms with Crippen LogP contribution in [0, 0.1) is 0 Å². The predicted molar refractivity (Wildman–Crippen MR) is 125 cm³/mol. The van der Waals surface area contributed by atoms with Crippen LogP contribution in [0.5, 0.6) is 17.2 Å². The Morgan fingerprint density at radius 1 is 1.06 bits per heavy atom. The molecular formula is C23H25N3O4S. The number of ether oxygens (including phenoxy) is 3. The number of methoxy groups -OCH3 is 3. The molecule has 1 unspecified atom stereocenters. The molecular weight excluding hydrogens is 414 g/mol. The summed E-state index contributed by atoms with van der Waals surface area (Å²) in [6, 6.07) is 11.1. The number of thiocarbonyl (C=S) groups is 1. The van der Waals surface area contributed by atoms with Gasteiger partial charge in [-0.1, -0.05) is 0 Å². The molecule has 0 saturated heterocycles. The molecule has 2 heterocycles. The van der Waals surface area contributed by atoms with E-state index in [-0.39, 0.29) is 11.6 Å². The highest BCUT2D eigenvalue weighted by molar-refractivity contribution is 7.80. The van der Waals surface area contributed by atoms with Crippen molar-refractivity contribution >= 4 is 28.2 Å². The Kier molecular flexibility index (Phi) is 5.73. The molecule has 4 rings (SSSR count). The number of nitrogens with one attached hydrogen (secondary N) is 2. The summed E-state index contributed by atoms with van der Waals surface area (Å²) in [4.78, 5) is 18.3. The number of benzene rings is 2. The first-order valence-corrected chi connectivity index (χ1v) is 10.4. The average Bonchev–Trinajstić information content (AvgIpc) is 2.81. The Bertz CT molecular complexity index is 1210. The van der Waals surface area contributed by atoms with E-state index in [2.05, 4.69) is 10.3 Å².